The molecule has 0 unspecified atom stereocenters. The second kappa shape index (κ2) is 18.9. The van der Waals surface area contributed by atoms with Crippen LogP contribution in [0.3, 0.4) is 0 Å². The second-order valence-corrected chi connectivity index (χ2v) is 11.1. The third-order valence-corrected chi connectivity index (χ3v) is 7.82. The summed E-state index contributed by atoms with van der Waals surface area (Å²) in [6, 6.07) is 0. The Bertz CT molecular complexity index is 761. The van der Waals surface area contributed by atoms with E-state index in [2.05, 4.69) is 22.5 Å². The largest absolute Gasteiger partial charge is 0.480 e. The van der Waals surface area contributed by atoms with E-state index in [0.717, 1.165) is 51.6 Å². The number of carboxylic acids is 3. The minimum atomic E-state index is -0.970. The predicted octanol–water partition coefficient (Wildman–Crippen LogP) is -0.268. The van der Waals surface area contributed by atoms with Crippen molar-refractivity contribution in [2.45, 2.75) is 45.4 Å². The molecule has 0 atom stereocenters. The van der Waals surface area contributed by atoms with Crippen LogP contribution in [0, 0.1) is 11.8 Å². The first-order valence-corrected chi connectivity index (χ1v) is 14.7. The zero-order chi connectivity index (χ0) is 29.3. The van der Waals surface area contributed by atoms with Gasteiger partial charge in [-0.1, -0.05) is 13.3 Å². The molecule has 1 amide bonds. The van der Waals surface area contributed by atoms with E-state index in [1.165, 1.54) is 0 Å². The van der Waals surface area contributed by atoms with Gasteiger partial charge in [0.1, 0.15) is 0 Å². The van der Waals surface area contributed by atoms with Crippen molar-refractivity contribution >= 4 is 23.8 Å². The average molecular weight is 571 g/mol. The second-order valence-electron chi connectivity index (χ2n) is 11.1. The Morgan fingerprint density at radius 3 is 1.50 bits per heavy atom. The molecule has 1 aliphatic heterocycles. The summed E-state index contributed by atoms with van der Waals surface area (Å²) in [4.78, 5) is 54.2. The minimum absolute atomic E-state index is 0.107. The molecule has 13 heteroatoms. The van der Waals surface area contributed by atoms with Crippen LogP contribution in [0.15, 0.2) is 0 Å². The Hall–Kier alpha value is -2.32. The van der Waals surface area contributed by atoms with Crippen LogP contribution in [0.2, 0.25) is 0 Å². The Kier molecular flexibility index (Phi) is 16.0. The van der Waals surface area contributed by atoms with E-state index in [4.69, 9.17) is 0 Å². The molecule has 0 aromatic heterocycles. The summed E-state index contributed by atoms with van der Waals surface area (Å²) < 4.78 is 0. The Morgan fingerprint density at radius 2 is 1.10 bits per heavy atom. The standard InChI is InChI=1S/C27H50N6O7/c1-2-3-8-29-27(40)23-6-4-22(5-7-23)17-28-21-33-15-13-31(19-25(36)37)11-9-30(18-24(34)35)10-12-32(14-16-33)20-26(38)39/h22-23,28H,2-21H2,1H3,(H,29,40)(H,34,35)(H,36,37)(H,38,39)/t22-,23-. The lowest BCUT2D eigenvalue weighted by molar-refractivity contribution is -0.140. The number of carbonyl (C=O) groups excluding carboxylic acids is 1. The van der Waals surface area contributed by atoms with E-state index in [1.54, 1.807) is 4.90 Å². The van der Waals surface area contributed by atoms with Crippen molar-refractivity contribution in [1.29, 1.82) is 0 Å². The zero-order valence-corrected chi connectivity index (χ0v) is 24.1. The number of rotatable bonds is 14. The van der Waals surface area contributed by atoms with E-state index in [1.807, 2.05) is 9.80 Å². The number of aliphatic carboxylic acids is 3. The van der Waals surface area contributed by atoms with Crippen LogP contribution in [-0.2, 0) is 19.2 Å². The Balaban J connectivity index is 1.90. The van der Waals surface area contributed by atoms with Crippen molar-refractivity contribution in [3.05, 3.63) is 0 Å². The summed E-state index contributed by atoms with van der Waals surface area (Å²) >= 11 is 0. The minimum Gasteiger partial charge on any atom is -0.480 e. The molecule has 2 aliphatic rings. The Labute approximate surface area is 237 Å². The molecule has 40 heavy (non-hydrogen) atoms. The molecule has 1 aliphatic carbocycles. The highest BCUT2D eigenvalue weighted by Gasteiger charge is 2.26. The highest BCUT2D eigenvalue weighted by Crippen LogP contribution is 2.28. The molecule has 0 bridgehead atoms. The quantitative estimate of drug-likeness (QED) is 0.174. The molecule has 1 saturated heterocycles. The number of nitrogens with zero attached hydrogens (tertiary/aromatic N) is 4. The summed E-state index contributed by atoms with van der Waals surface area (Å²) in [5.74, 6) is -2.04. The van der Waals surface area contributed by atoms with E-state index in [9.17, 15) is 34.5 Å². The molecule has 13 nitrogen and oxygen atoms in total. The number of carboxylic acid groups (broad SMARTS) is 3. The third kappa shape index (κ3) is 14.4. The van der Waals surface area contributed by atoms with Crippen molar-refractivity contribution < 1.29 is 34.5 Å². The molecule has 0 aromatic rings. The van der Waals surface area contributed by atoms with Crippen LogP contribution >= 0.6 is 0 Å². The molecular weight excluding hydrogens is 520 g/mol. The fraction of sp³-hybridized carbons (Fsp3) is 0.852. The Morgan fingerprint density at radius 1 is 0.675 bits per heavy atom. The van der Waals surface area contributed by atoms with Crippen molar-refractivity contribution in [1.82, 2.24) is 30.2 Å². The topological polar surface area (TPSA) is 166 Å². The summed E-state index contributed by atoms with van der Waals surface area (Å²) in [6.45, 7) is 7.69. The van der Waals surface area contributed by atoms with Gasteiger partial charge in [0.2, 0.25) is 5.91 Å². The monoisotopic (exact) mass is 570 g/mol. The number of nitrogens with one attached hydrogen (secondary N) is 2. The lowest BCUT2D eigenvalue weighted by Gasteiger charge is -2.33. The molecule has 1 heterocycles. The summed E-state index contributed by atoms with van der Waals surface area (Å²) in [5, 5.41) is 34.6. The predicted molar refractivity (Wildman–Crippen MR) is 150 cm³/mol. The molecule has 0 radical (unpaired) electrons. The maximum Gasteiger partial charge on any atom is 0.317 e. The van der Waals surface area contributed by atoms with Crippen molar-refractivity contribution in [3.8, 4) is 0 Å². The van der Waals surface area contributed by atoms with Crippen molar-refractivity contribution in [2.75, 3.05) is 91.8 Å². The van der Waals surface area contributed by atoms with Gasteiger partial charge in [-0.25, -0.2) is 0 Å². The fourth-order valence-electron chi connectivity index (χ4n) is 5.37. The smallest absolute Gasteiger partial charge is 0.317 e. The van der Waals surface area contributed by atoms with Gasteiger partial charge in [-0.2, -0.15) is 0 Å². The maximum atomic E-state index is 12.4. The van der Waals surface area contributed by atoms with Crippen LogP contribution in [0.1, 0.15) is 45.4 Å². The van der Waals surface area contributed by atoms with Crippen LogP contribution in [0.5, 0.6) is 0 Å². The van der Waals surface area contributed by atoms with E-state index >= 15 is 0 Å². The lowest BCUT2D eigenvalue weighted by atomic mass is 9.81. The summed E-state index contributed by atoms with van der Waals surface area (Å²) in [7, 11) is 0. The first kappa shape index (κ1) is 33.9. The summed E-state index contributed by atoms with van der Waals surface area (Å²) in [6.07, 6.45) is 5.89. The molecular formula is C27H50N6O7. The van der Waals surface area contributed by atoms with Gasteiger partial charge in [0, 0.05) is 71.5 Å². The van der Waals surface area contributed by atoms with Gasteiger partial charge in [0.15, 0.2) is 0 Å². The van der Waals surface area contributed by atoms with Crippen LogP contribution in [-0.4, -0.2) is 150 Å². The first-order valence-electron chi connectivity index (χ1n) is 14.7. The average Bonchev–Trinajstić information content (AvgIpc) is 2.89. The normalized spacial score (nSPS) is 23.1. The van der Waals surface area contributed by atoms with Gasteiger partial charge in [0.25, 0.3) is 0 Å². The number of hydrogen-bond donors (Lipinski definition) is 5. The highest BCUT2D eigenvalue weighted by atomic mass is 16.4. The SMILES string of the molecule is CCCCNC(=O)[C@H]1CC[C@H](CNCN2CCN(CC(=O)O)CCN(CC(=O)O)CCN(CC(=O)O)CC2)CC1. The number of amides is 1. The number of unbranched alkanes of at least 4 members (excludes halogenated alkanes) is 1. The fourth-order valence-corrected chi connectivity index (χ4v) is 5.37. The van der Waals surface area contributed by atoms with Crippen molar-refractivity contribution in [3.63, 3.8) is 0 Å². The molecule has 2 rings (SSSR count). The zero-order valence-electron chi connectivity index (χ0n) is 24.1. The molecule has 0 aromatic carbocycles. The molecule has 230 valence electrons. The number of carbonyl (C=O) groups is 4. The first-order chi connectivity index (χ1) is 19.2. The maximum absolute atomic E-state index is 12.4. The van der Waals surface area contributed by atoms with Gasteiger partial charge in [0.05, 0.1) is 19.6 Å². The van der Waals surface area contributed by atoms with Gasteiger partial charge < -0.3 is 26.0 Å². The number of hydrogen-bond acceptors (Lipinski definition) is 9. The van der Waals surface area contributed by atoms with E-state index in [-0.39, 0.29) is 31.5 Å². The van der Waals surface area contributed by atoms with Crippen LogP contribution in [0.4, 0.5) is 0 Å². The highest BCUT2D eigenvalue weighted by molar-refractivity contribution is 5.78. The molecule has 2 fully saturated rings. The van der Waals surface area contributed by atoms with E-state index in [0.29, 0.717) is 64.9 Å². The molecule has 5 N–H and O–H groups in total. The van der Waals surface area contributed by atoms with Crippen LogP contribution < -0.4 is 10.6 Å². The molecule has 0 spiro atoms. The summed E-state index contributed by atoms with van der Waals surface area (Å²) in [5.41, 5.74) is 0. The van der Waals surface area contributed by atoms with Crippen LogP contribution in [0.25, 0.3) is 0 Å². The van der Waals surface area contributed by atoms with Gasteiger partial charge in [-0.3, -0.25) is 38.8 Å². The molecule has 1 saturated carbocycles. The van der Waals surface area contributed by atoms with Gasteiger partial charge in [-0.15, -0.1) is 0 Å². The van der Waals surface area contributed by atoms with Gasteiger partial charge in [-0.05, 0) is 44.6 Å². The lowest BCUT2D eigenvalue weighted by Crippen LogP contribution is -2.50. The van der Waals surface area contributed by atoms with Gasteiger partial charge >= 0.3 is 17.9 Å². The third-order valence-electron chi connectivity index (χ3n) is 7.82. The van der Waals surface area contributed by atoms with E-state index < -0.39 is 17.9 Å². The van der Waals surface area contributed by atoms with Crippen molar-refractivity contribution in [2.24, 2.45) is 11.8 Å².